The SMILES string of the molecule is O=C(Cc1ccc(Br)cc1)Nc1ccccc1C(=O)N1CCN(c2ccccc2)CC1. The Labute approximate surface area is 190 Å². The highest BCUT2D eigenvalue weighted by Gasteiger charge is 2.24. The van der Waals surface area contributed by atoms with Crippen molar-refractivity contribution in [3.63, 3.8) is 0 Å². The lowest BCUT2D eigenvalue weighted by Crippen LogP contribution is -2.48. The maximum Gasteiger partial charge on any atom is 0.256 e. The van der Waals surface area contributed by atoms with Crippen LogP contribution >= 0.6 is 15.9 Å². The van der Waals surface area contributed by atoms with Gasteiger partial charge in [-0.1, -0.05) is 58.4 Å². The summed E-state index contributed by atoms with van der Waals surface area (Å²) in [5.74, 6) is -0.191. The molecular formula is C25H24BrN3O2. The number of rotatable bonds is 5. The number of halogens is 1. The van der Waals surface area contributed by atoms with E-state index in [4.69, 9.17) is 0 Å². The van der Waals surface area contributed by atoms with Crippen LogP contribution in [0.4, 0.5) is 11.4 Å². The molecule has 0 bridgehead atoms. The molecule has 0 spiro atoms. The van der Waals surface area contributed by atoms with Crippen molar-refractivity contribution < 1.29 is 9.59 Å². The summed E-state index contributed by atoms with van der Waals surface area (Å²) in [6, 6.07) is 25.1. The second-order valence-electron chi connectivity index (χ2n) is 7.51. The molecule has 0 unspecified atom stereocenters. The molecule has 3 aromatic rings. The van der Waals surface area contributed by atoms with Crippen LogP contribution in [0.1, 0.15) is 15.9 Å². The lowest BCUT2D eigenvalue weighted by Gasteiger charge is -2.36. The van der Waals surface area contributed by atoms with Gasteiger partial charge in [0.25, 0.3) is 5.91 Å². The number of hydrogen-bond acceptors (Lipinski definition) is 3. The van der Waals surface area contributed by atoms with E-state index >= 15 is 0 Å². The third-order valence-corrected chi connectivity index (χ3v) is 5.93. The van der Waals surface area contributed by atoms with E-state index in [9.17, 15) is 9.59 Å². The van der Waals surface area contributed by atoms with Crippen LogP contribution in [-0.2, 0) is 11.2 Å². The molecule has 4 rings (SSSR count). The van der Waals surface area contributed by atoms with Gasteiger partial charge in [-0.05, 0) is 42.0 Å². The van der Waals surface area contributed by atoms with Crippen LogP contribution in [0.3, 0.4) is 0 Å². The molecule has 1 aliphatic heterocycles. The van der Waals surface area contributed by atoms with Gasteiger partial charge in [-0.25, -0.2) is 0 Å². The van der Waals surface area contributed by atoms with Gasteiger partial charge in [0.15, 0.2) is 0 Å². The lowest BCUT2D eigenvalue weighted by atomic mass is 10.1. The molecule has 1 N–H and O–H groups in total. The molecule has 0 aliphatic carbocycles. The van der Waals surface area contributed by atoms with E-state index in [0.717, 1.165) is 23.1 Å². The first-order valence-corrected chi connectivity index (χ1v) is 11.1. The van der Waals surface area contributed by atoms with Crippen molar-refractivity contribution in [2.24, 2.45) is 0 Å². The fourth-order valence-corrected chi connectivity index (χ4v) is 4.00. The first-order valence-electron chi connectivity index (χ1n) is 10.3. The minimum absolute atomic E-state index is 0.0488. The summed E-state index contributed by atoms with van der Waals surface area (Å²) in [4.78, 5) is 29.9. The van der Waals surface area contributed by atoms with Crippen LogP contribution in [0, 0.1) is 0 Å². The summed E-state index contributed by atoms with van der Waals surface area (Å²) in [6.45, 7) is 2.87. The van der Waals surface area contributed by atoms with Crippen LogP contribution in [0.5, 0.6) is 0 Å². The maximum atomic E-state index is 13.2. The average molecular weight is 478 g/mol. The van der Waals surface area contributed by atoms with Crippen molar-refractivity contribution in [1.82, 2.24) is 4.90 Å². The van der Waals surface area contributed by atoms with Gasteiger partial charge in [-0.2, -0.15) is 0 Å². The smallest absolute Gasteiger partial charge is 0.256 e. The Morgan fingerprint density at radius 1 is 0.806 bits per heavy atom. The summed E-state index contributed by atoms with van der Waals surface area (Å²) >= 11 is 3.40. The molecule has 1 heterocycles. The molecule has 5 nitrogen and oxygen atoms in total. The Bertz CT molecular complexity index is 1050. The fraction of sp³-hybridized carbons (Fsp3) is 0.200. The van der Waals surface area contributed by atoms with Crippen molar-refractivity contribution in [2.45, 2.75) is 6.42 Å². The molecule has 158 valence electrons. The van der Waals surface area contributed by atoms with E-state index in [1.54, 1.807) is 12.1 Å². The third-order valence-electron chi connectivity index (χ3n) is 5.40. The van der Waals surface area contributed by atoms with Crippen LogP contribution < -0.4 is 10.2 Å². The minimum Gasteiger partial charge on any atom is -0.368 e. The molecule has 1 aliphatic rings. The molecule has 0 aromatic heterocycles. The molecular weight excluding hydrogens is 454 g/mol. The number of para-hydroxylation sites is 2. The monoisotopic (exact) mass is 477 g/mol. The van der Waals surface area contributed by atoms with E-state index in [0.29, 0.717) is 24.3 Å². The molecule has 0 radical (unpaired) electrons. The third kappa shape index (κ3) is 5.33. The van der Waals surface area contributed by atoms with Crippen LogP contribution in [0.25, 0.3) is 0 Å². The number of anilines is 2. The molecule has 31 heavy (non-hydrogen) atoms. The normalized spacial score (nSPS) is 13.7. The van der Waals surface area contributed by atoms with E-state index in [-0.39, 0.29) is 18.2 Å². The van der Waals surface area contributed by atoms with Crippen molar-refractivity contribution in [1.29, 1.82) is 0 Å². The summed E-state index contributed by atoms with van der Waals surface area (Å²) in [7, 11) is 0. The predicted octanol–water partition coefficient (Wildman–Crippen LogP) is 4.59. The van der Waals surface area contributed by atoms with Crippen LogP contribution in [0.2, 0.25) is 0 Å². The summed E-state index contributed by atoms with van der Waals surface area (Å²) in [5, 5.41) is 2.92. The summed E-state index contributed by atoms with van der Waals surface area (Å²) in [5.41, 5.74) is 3.18. The first kappa shape index (κ1) is 21.1. The fourth-order valence-electron chi connectivity index (χ4n) is 3.74. The number of amides is 2. The Hall–Kier alpha value is -3.12. The summed E-state index contributed by atoms with van der Waals surface area (Å²) in [6.07, 6.45) is 0.256. The Morgan fingerprint density at radius 3 is 2.16 bits per heavy atom. The van der Waals surface area contributed by atoms with Gasteiger partial charge in [0.2, 0.25) is 5.91 Å². The van der Waals surface area contributed by atoms with Gasteiger partial charge in [0.05, 0.1) is 17.7 Å². The number of carbonyl (C=O) groups excluding carboxylic acids is 2. The zero-order valence-corrected chi connectivity index (χ0v) is 18.7. The lowest BCUT2D eigenvalue weighted by molar-refractivity contribution is -0.115. The second kappa shape index (κ2) is 9.79. The van der Waals surface area contributed by atoms with E-state index in [2.05, 4.69) is 38.3 Å². The molecule has 1 fully saturated rings. The Morgan fingerprint density at radius 2 is 1.45 bits per heavy atom. The molecule has 0 saturated carbocycles. The Kier molecular flexibility index (Phi) is 6.67. The van der Waals surface area contributed by atoms with E-state index in [1.165, 1.54) is 5.69 Å². The number of nitrogens with zero attached hydrogens (tertiary/aromatic N) is 2. The van der Waals surface area contributed by atoms with Gasteiger partial charge < -0.3 is 15.1 Å². The number of nitrogens with one attached hydrogen (secondary N) is 1. The van der Waals surface area contributed by atoms with Gasteiger partial charge in [-0.3, -0.25) is 9.59 Å². The van der Waals surface area contributed by atoms with Crippen molar-refractivity contribution in [3.05, 3.63) is 94.5 Å². The molecule has 3 aromatic carbocycles. The van der Waals surface area contributed by atoms with Crippen LogP contribution in [-0.4, -0.2) is 42.9 Å². The van der Waals surface area contributed by atoms with E-state index < -0.39 is 0 Å². The number of carbonyl (C=O) groups is 2. The van der Waals surface area contributed by atoms with Gasteiger partial charge in [0.1, 0.15) is 0 Å². The largest absolute Gasteiger partial charge is 0.368 e. The molecule has 0 atom stereocenters. The van der Waals surface area contributed by atoms with E-state index in [1.807, 2.05) is 59.5 Å². The van der Waals surface area contributed by atoms with Crippen LogP contribution in [0.15, 0.2) is 83.3 Å². The van der Waals surface area contributed by atoms with Crippen molar-refractivity contribution >= 4 is 39.1 Å². The first-order chi connectivity index (χ1) is 15.1. The van der Waals surface area contributed by atoms with Crippen molar-refractivity contribution in [2.75, 3.05) is 36.4 Å². The highest BCUT2D eigenvalue weighted by Crippen LogP contribution is 2.21. The highest BCUT2D eigenvalue weighted by atomic mass is 79.9. The highest BCUT2D eigenvalue weighted by molar-refractivity contribution is 9.10. The van der Waals surface area contributed by atoms with Crippen molar-refractivity contribution in [3.8, 4) is 0 Å². The summed E-state index contributed by atoms with van der Waals surface area (Å²) < 4.78 is 0.972. The zero-order chi connectivity index (χ0) is 21.6. The zero-order valence-electron chi connectivity index (χ0n) is 17.1. The molecule has 6 heteroatoms. The van der Waals surface area contributed by atoms with Gasteiger partial charge in [-0.15, -0.1) is 0 Å². The minimum atomic E-state index is -0.142. The Balaban J connectivity index is 1.40. The average Bonchev–Trinajstić information content (AvgIpc) is 2.81. The quantitative estimate of drug-likeness (QED) is 0.584. The standard InChI is InChI=1S/C25H24BrN3O2/c26-20-12-10-19(11-13-20)18-24(30)27-23-9-5-4-8-22(23)25(31)29-16-14-28(15-17-29)21-6-2-1-3-7-21/h1-13H,14-18H2,(H,27,30). The maximum absolute atomic E-state index is 13.2. The number of benzene rings is 3. The molecule has 2 amide bonds. The number of piperazine rings is 1. The van der Waals surface area contributed by atoms with Gasteiger partial charge >= 0.3 is 0 Å². The molecule has 1 saturated heterocycles. The second-order valence-corrected chi connectivity index (χ2v) is 8.43. The van der Waals surface area contributed by atoms with Gasteiger partial charge in [0, 0.05) is 36.3 Å². The number of hydrogen-bond donors (Lipinski definition) is 1. The topological polar surface area (TPSA) is 52.7 Å². The predicted molar refractivity (Wildman–Crippen MR) is 127 cm³/mol.